The van der Waals surface area contributed by atoms with Gasteiger partial charge in [0.2, 0.25) is 0 Å². The van der Waals surface area contributed by atoms with Crippen LogP contribution in [0.3, 0.4) is 0 Å². The van der Waals surface area contributed by atoms with E-state index in [1.165, 1.54) is 88.3 Å². The SMILES string of the molecule is CCCCCCCCCCCCCCCCN=C1Nc2sc(C)cc2C(C=O)O1. The van der Waals surface area contributed by atoms with Gasteiger partial charge in [0.15, 0.2) is 12.4 Å². The fourth-order valence-electron chi connectivity index (χ4n) is 3.82. The molecule has 1 aromatic heterocycles. The molecule has 0 bridgehead atoms. The minimum atomic E-state index is -0.522. The molecule has 5 heteroatoms. The molecule has 0 saturated heterocycles. The second-order valence-corrected chi connectivity index (χ2v) is 9.48. The average Bonchev–Trinajstić information content (AvgIpc) is 3.10. The van der Waals surface area contributed by atoms with Gasteiger partial charge < -0.3 is 10.1 Å². The topological polar surface area (TPSA) is 50.7 Å². The maximum atomic E-state index is 11.3. The van der Waals surface area contributed by atoms with Gasteiger partial charge in [0, 0.05) is 17.0 Å². The zero-order valence-electron chi connectivity index (χ0n) is 18.5. The Labute approximate surface area is 181 Å². The molecule has 1 aliphatic heterocycles. The Kier molecular flexibility index (Phi) is 12.0. The van der Waals surface area contributed by atoms with Crippen molar-refractivity contribution >= 4 is 28.6 Å². The lowest BCUT2D eigenvalue weighted by atomic mass is 10.0. The molecule has 1 atom stereocenters. The van der Waals surface area contributed by atoms with Crippen LogP contribution in [0.5, 0.6) is 0 Å². The Balaban J connectivity index is 1.45. The van der Waals surface area contributed by atoms with Gasteiger partial charge in [-0.1, -0.05) is 90.4 Å². The first-order chi connectivity index (χ1) is 14.2. The summed E-state index contributed by atoms with van der Waals surface area (Å²) in [6, 6.07) is 2.50. The summed E-state index contributed by atoms with van der Waals surface area (Å²) >= 11 is 1.65. The van der Waals surface area contributed by atoms with Gasteiger partial charge in [-0.25, -0.2) is 4.99 Å². The van der Waals surface area contributed by atoms with Crippen molar-refractivity contribution in [3.63, 3.8) is 0 Å². The van der Waals surface area contributed by atoms with Crippen LogP contribution in [0.25, 0.3) is 0 Å². The van der Waals surface area contributed by atoms with Crippen LogP contribution in [0.4, 0.5) is 5.00 Å². The molecule has 2 rings (SSSR count). The molecule has 0 spiro atoms. The largest absolute Gasteiger partial charge is 0.449 e. The second kappa shape index (κ2) is 14.6. The minimum Gasteiger partial charge on any atom is -0.449 e. The number of aldehydes is 1. The minimum absolute atomic E-state index is 0.492. The molecule has 164 valence electrons. The summed E-state index contributed by atoms with van der Waals surface area (Å²) in [5.74, 6) is 0. The van der Waals surface area contributed by atoms with Crippen molar-refractivity contribution in [2.24, 2.45) is 4.99 Å². The zero-order chi connectivity index (χ0) is 20.7. The Morgan fingerprint density at radius 3 is 2.07 bits per heavy atom. The molecule has 0 radical (unpaired) electrons. The predicted molar refractivity (Wildman–Crippen MR) is 125 cm³/mol. The molecule has 1 unspecified atom stereocenters. The zero-order valence-corrected chi connectivity index (χ0v) is 19.3. The van der Waals surface area contributed by atoms with Gasteiger partial charge in [-0.15, -0.1) is 11.3 Å². The second-order valence-electron chi connectivity index (χ2n) is 8.22. The van der Waals surface area contributed by atoms with Gasteiger partial charge >= 0.3 is 0 Å². The van der Waals surface area contributed by atoms with Crippen molar-refractivity contribution in [3.8, 4) is 0 Å². The van der Waals surface area contributed by atoms with Gasteiger partial charge in [0.1, 0.15) is 5.00 Å². The summed E-state index contributed by atoms with van der Waals surface area (Å²) in [6.07, 6.45) is 19.3. The summed E-state index contributed by atoms with van der Waals surface area (Å²) in [5.41, 5.74) is 0.929. The number of amidine groups is 1. The molecular formula is C24H40N2O2S. The van der Waals surface area contributed by atoms with Crippen LogP contribution >= 0.6 is 11.3 Å². The number of carbonyl (C=O) groups excluding carboxylic acids is 1. The third kappa shape index (κ3) is 9.33. The number of hydrogen-bond acceptors (Lipinski definition) is 4. The molecular weight excluding hydrogens is 380 g/mol. The van der Waals surface area contributed by atoms with Crippen LogP contribution in [0, 0.1) is 6.92 Å². The number of ether oxygens (including phenoxy) is 1. The molecule has 2 heterocycles. The number of aliphatic imine (C=N–C) groups is 1. The van der Waals surface area contributed by atoms with Crippen molar-refractivity contribution in [2.75, 3.05) is 11.9 Å². The standard InChI is InChI=1S/C24H40N2O2S/c1-3-4-5-6-7-8-9-10-11-12-13-14-15-16-17-25-24-26-23-21(18-20(2)29-23)22(19-27)28-24/h18-19,22H,3-17H2,1-2H3,(H,25,26). The summed E-state index contributed by atoms with van der Waals surface area (Å²) in [7, 11) is 0. The van der Waals surface area contributed by atoms with Gasteiger partial charge in [-0.3, -0.25) is 4.79 Å². The molecule has 1 aromatic rings. The molecule has 29 heavy (non-hydrogen) atoms. The Bertz CT molecular complexity index is 612. The number of unbranched alkanes of at least 4 members (excludes halogenated alkanes) is 13. The van der Waals surface area contributed by atoms with Crippen molar-refractivity contribution in [1.82, 2.24) is 0 Å². The first-order valence-electron chi connectivity index (χ1n) is 11.8. The van der Waals surface area contributed by atoms with E-state index in [0.29, 0.717) is 6.02 Å². The van der Waals surface area contributed by atoms with Crippen molar-refractivity contribution in [3.05, 3.63) is 16.5 Å². The van der Waals surface area contributed by atoms with Crippen LogP contribution < -0.4 is 5.32 Å². The monoisotopic (exact) mass is 420 g/mol. The number of carbonyl (C=O) groups is 1. The van der Waals surface area contributed by atoms with E-state index in [4.69, 9.17) is 4.74 Å². The van der Waals surface area contributed by atoms with E-state index in [0.717, 1.165) is 29.8 Å². The first kappa shape index (κ1) is 23.9. The Morgan fingerprint density at radius 1 is 0.966 bits per heavy atom. The number of nitrogens with zero attached hydrogens (tertiary/aromatic N) is 1. The van der Waals surface area contributed by atoms with E-state index in [9.17, 15) is 4.79 Å². The first-order valence-corrected chi connectivity index (χ1v) is 12.6. The third-order valence-corrected chi connectivity index (χ3v) is 6.52. The van der Waals surface area contributed by atoms with Crippen molar-refractivity contribution in [1.29, 1.82) is 0 Å². The van der Waals surface area contributed by atoms with E-state index < -0.39 is 6.10 Å². The average molecular weight is 421 g/mol. The number of nitrogens with one attached hydrogen (secondary N) is 1. The number of thiophene rings is 1. The quantitative estimate of drug-likeness (QED) is 0.221. The van der Waals surface area contributed by atoms with Crippen LogP contribution in [-0.2, 0) is 9.53 Å². The van der Waals surface area contributed by atoms with Crippen molar-refractivity contribution in [2.45, 2.75) is 110 Å². The summed E-state index contributed by atoms with van der Waals surface area (Å²) < 4.78 is 5.67. The molecule has 0 saturated carbocycles. The van der Waals surface area contributed by atoms with Gasteiger partial charge in [-0.05, 0) is 19.4 Å². The number of rotatable bonds is 16. The van der Waals surface area contributed by atoms with E-state index in [1.54, 1.807) is 11.3 Å². The van der Waals surface area contributed by atoms with E-state index in [2.05, 4.69) is 17.2 Å². The number of anilines is 1. The summed E-state index contributed by atoms with van der Waals surface area (Å²) in [5, 5.41) is 4.21. The predicted octanol–water partition coefficient (Wildman–Crippen LogP) is 7.58. The van der Waals surface area contributed by atoms with E-state index in [-0.39, 0.29) is 0 Å². The maximum absolute atomic E-state index is 11.3. The number of fused-ring (bicyclic) bond motifs is 1. The Morgan fingerprint density at radius 2 is 1.52 bits per heavy atom. The lowest BCUT2D eigenvalue weighted by molar-refractivity contribution is -0.114. The van der Waals surface area contributed by atoms with Crippen LogP contribution in [0.1, 0.15) is 113 Å². The molecule has 0 fully saturated rings. The highest BCUT2D eigenvalue weighted by atomic mass is 32.1. The van der Waals surface area contributed by atoms with Crippen LogP contribution in [-0.4, -0.2) is 18.9 Å². The lowest BCUT2D eigenvalue weighted by Gasteiger charge is -2.22. The highest BCUT2D eigenvalue weighted by molar-refractivity contribution is 7.16. The van der Waals surface area contributed by atoms with E-state index in [1.807, 2.05) is 13.0 Å². The molecule has 4 nitrogen and oxygen atoms in total. The van der Waals surface area contributed by atoms with Crippen LogP contribution in [0.2, 0.25) is 0 Å². The fraction of sp³-hybridized carbons (Fsp3) is 0.750. The molecule has 1 N–H and O–H groups in total. The van der Waals surface area contributed by atoms with Gasteiger partial charge in [0.25, 0.3) is 6.02 Å². The van der Waals surface area contributed by atoms with Crippen LogP contribution in [0.15, 0.2) is 11.1 Å². The normalized spacial score (nSPS) is 17.0. The smallest absolute Gasteiger partial charge is 0.290 e. The Hall–Kier alpha value is -1.36. The highest BCUT2D eigenvalue weighted by Crippen LogP contribution is 2.36. The number of hydrogen-bond donors (Lipinski definition) is 1. The number of aryl methyl sites for hydroxylation is 1. The lowest BCUT2D eigenvalue weighted by Crippen LogP contribution is -2.26. The third-order valence-electron chi connectivity index (χ3n) is 5.54. The fourth-order valence-corrected chi connectivity index (χ4v) is 4.76. The summed E-state index contributed by atoms with van der Waals surface area (Å²) in [6.45, 7) is 5.07. The van der Waals surface area contributed by atoms with Gasteiger partial charge in [-0.2, -0.15) is 0 Å². The van der Waals surface area contributed by atoms with Gasteiger partial charge in [0.05, 0.1) is 0 Å². The van der Waals surface area contributed by atoms with E-state index >= 15 is 0 Å². The van der Waals surface area contributed by atoms with Crippen molar-refractivity contribution < 1.29 is 9.53 Å². The molecule has 0 aromatic carbocycles. The highest BCUT2D eigenvalue weighted by Gasteiger charge is 2.26. The summed E-state index contributed by atoms with van der Waals surface area (Å²) in [4.78, 5) is 17.0. The molecule has 0 amide bonds. The molecule has 0 aliphatic carbocycles. The maximum Gasteiger partial charge on any atom is 0.290 e. The molecule has 1 aliphatic rings.